The Morgan fingerprint density at radius 1 is 1.69 bits per heavy atom. The minimum absolute atomic E-state index is 0.0972. The lowest BCUT2D eigenvalue weighted by Gasteiger charge is -2.03. The zero-order valence-corrected chi connectivity index (χ0v) is 7.66. The summed E-state index contributed by atoms with van der Waals surface area (Å²) in [5, 5.41) is 6.88. The molecule has 0 bridgehead atoms. The van der Waals surface area contributed by atoms with Crippen LogP contribution >= 0.6 is 0 Å². The van der Waals surface area contributed by atoms with Crippen LogP contribution in [0.15, 0.2) is 0 Å². The fourth-order valence-electron chi connectivity index (χ4n) is 1.43. The number of nitrogens with zero attached hydrogens (tertiary/aromatic N) is 2. The smallest absolute Gasteiger partial charge is 0.167 e. The monoisotopic (exact) mass is 182 g/mol. The van der Waals surface area contributed by atoms with Crippen LogP contribution in [0.2, 0.25) is 0 Å². The van der Waals surface area contributed by atoms with Gasteiger partial charge in [-0.2, -0.15) is 5.10 Å². The molecule has 0 aromatic carbocycles. The molecule has 72 valence electrons. The summed E-state index contributed by atoms with van der Waals surface area (Å²) in [6.45, 7) is 2.68. The van der Waals surface area contributed by atoms with Gasteiger partial charge in [0, 0.05) is 6.61 Å². The van der Waals surface area contributed by atoms with Crippen LogP contribution in [0.25, 0.3) is 0 Å². The van der Waals surface area contributed by atoms with Crippen molar-refractivity contribution in [3.05, 3.63) is 11.6 Å². The predicted molar refractivity (Wildman–Crippen MR) is 46.9 cm³/mol. The van der Waals surface area contributed by atoms with Gasteiger partial charge in [0.2, 0.25) is 0 Å². The lowest BCUT2D eigenvalue weighted by Crippen LogP contribution is -2.07. The molecule has 0 spiro atoms. The highest BCUT2D eigenvalue weighted by Gasteiger charge is 2.21. The van der Waals surface area contributed by atoms with E-state index in [0.29, 0.717) is 5.82 Å². The van der Waals surface area contributed by atoms with Crippen molar-refractivity contribution in [3.63, 3.8) is 0 Å². The van der Waals surface area contributed by atoms with E-state index in [0.717, 1.165) is 25.3 Å². The first-order valence-electron chi connectivity index (χ1n) is 4.57. The first kappa shape index (κ1) is 8.65. The SMILES string of the molecule is C[C@@H](N)c1n[nH]c([C@H]2CCCO2)n1. The van der Waals surface area contributed by atoms with Crippen molar-refractivity contribution in [2.24, 2.45) is 5.73 Å². The molecule has 1 aliphatic heterocycles. The largest absolute Gasteiger partial charge is 0.370 e. The fraction of sp³-hybridized carbons (Fsp3) is 0.750. The number of rotatable bonds is 2. The number of aromatic amines is 1. The summed E-state index contributed by atoms with van der Waals surface area (Å²) in [7, 11) is 0. The predicted octanol–water partition coefficient (Wildman–Crippen LogP) is 0.676. The van der Waals surface area contributed by atoms with Crippen LogP contribution in [0.3, 0.4) is 0 Å². The summed E-state index contributed by atoms with van der Waals surface area (Å²) in [5.41, 5.74) is 5.64. The van der Waals surface area contributed by atoms with Gasteiger partial charge in [0.15, 0.2) is 11.6 Å². The van der Waals surface area contributed by atoms with Gasteiger partial charge in [0.1, 0.15) is 6.10 Å². The Morgan fingerprint density at radius 3 is 3.08 bits per heavy atom. The molecular formula is C8H14N4O. The van der Waals surface area contributed by atoms with Crippen LogP contribution in [-0.4, -0.2) is 21.8 Å². The van der Waals surface area contributed by atoms with Gasteiger partial charge >= 0.3 is 0 Å². The van der Waals surface area contributed by atoms with Crippen molar-refractivity contribution >= 4 is 0 Å². The van der Waals surface area contributed by atoms with E-state index in [9.17, 15) is 0 Å². The molecule has 2 heterocycles. The van der Waals surface area contributed by atoms with Crippen molar-refractivity contribution in [3.8, 4) is 0 Å². The second-order valence-corrected chi connectivity index (χ2v) is 3.37. The van der Waals surface area contributed by atoms with E-state index in [2.05, 4.69) is 15.2 Å². The number of nitrogens with two attached hydrogens (primary N) is 1. The van der Waals surface area contributed by atoms with Gasteiger partial charge in [-0.3, -0.25) is 5.10 Å². The summed E-state index contributed by atoms with van der Waals surface area (Å²) >= 11 is 0. The topological polar surface area (TPSA) is 76.8 Å². The lowest BCUT2D eigenvalue weighted by atomic mass is 10.2. The van der Waals surface area contributed by atoms with Crippen molar-refractivity contribution in [1.29, 1.82) is 0 Å². The molecule has 0 radical (unpaired) electrons. The quantitative estimate of drug-likeness (QED) is 0.705. The molecule has 3 N–H and O–H groups in total. The molecule has 2 rings (SSSR count). The second kappa shape index (κ2) is 3.43. The zero-order valence-electron chi connectivity index (χ0n) is 7.66. The molecule has 1 fully saturated rings. The summed E-state index contributed by atoms with van der Waals surface area (Å²) in [6.07, 6.45) is 2.21. The minimum Gasteiger partial charge on any atom is -0.370 e. The summed E-state index contributed by atoms with van der Waals surface area (Å²) in [6, 6.07) is -0.119. The highest BCUT2D eigenvalue weighted by Crippen LogP contribution is 2.25. The van der Waals surface area contributed by atoms with Gasteiger partial charge in [0.25, 0.3) is 0 Å². The molecule has 0 amide bonds. The molecule has 5 nitrogen and oxygen atoms in total. The molecule has 5 heteroatoms. The Morgan fingerprint density at radius 2 is 2.54 bits per heavy atom. The average molecular weight is 182 g/mol. The normalized spacial score (nSPS) is 24.9. The third-order valence-corrected chi connectivity index (χ3v) is 2.16. The van der Waals surface area contributed by atoms with E-state index in [1.54, 1.807) is 0 Å². The molecule has 13 heavy (non-hydrogen) atoms. The second-order valence-electron chi connectivity index (χ2n) is 3.37. The summed E-state index contributed by atoms with van der Waals surface area (Å²) in [4.78, 5) is 4.28. The van der Waals surface area contributed by atoms with Gasteiger partial charge in [-0.05, 0) is 19.8 Å². The first-order chi connectivity index (χ1) is 6.27. The lowest BCUT2D eigenvalue weighted by molar-refractivity contribution is 0.105. The molecule has 1 aliphatic rings. The molecule has 0 aliphatic carbocycles. The van der Waals surface area contributed by atoms with E-state index in [1.165, 1.54) is 0 Å². The van der Waals surface area contributed by atoms with Gasteiger partial charge < -0.3 is 10.5 Å². The van der Waals surface area contributed by atoms with Gasteiger partial charge in [-0.25, -0.2) is 4.98 Å². The number of aromatic nitrogens is 3. The standard InChI is InChI=1S/C8H14N4O/c1-5(9)7-10-8(12-11-7)6-3-2-4-13-6/h5-6H,2-4,9H2,1H3,(H,10,11,12)/t5-,6-/m1/s1. The van der Waals surface area contributed by atoms with Crippen LogP contribution in [0.5, 0.6) is 0 Å². The molecule has 0 unspecified atom stereocenters. The van der Waals surface area contributed by atoms with Gasteiger partial charge in [0.05, 0.1) is 6.04 Å². The van der Waals surface area contributed by atoms with Gasteiger partial charge in [-0.1, -0.05) is 0 Å². The maximum atomic E-state index is 5.64. The van der Waals surface area contributed by atoms with E-state index in [1.807, 2.05) is 6.92 Å². The van der Waals surface area contributed by atoms with Crippen molar-refractivity contribution < 1.29 is 4.74 Å². The van der Waals surface area contributed by atoms with Crippen LogP contribution in [0.4, 0.5) is 0 Å². The average Bonchev–Trinajstić information content (AvgIpc) is 2.75. The first-order valence-corrected chi connectivity index (χ1v) is 4.57. The zero-order chi connectivity index (χ0) is 9.26. The minimum atomic E-state index is -0.119. The highest BCUT2D eigenvalue weighted by atomic mass is 16.5. The Hall–Kier alpha value is -0.940. The molecule has 1 saturated heterocycles. The van der Waals surface area contributed by atoms with Crippen LogP contribution in [0, 0.1) is 0 Å². The van der Waals surface area contributed by atoms with Gasteiger partial charge in [-0.15, -0.1) is 0 Å². The fourth-order valence-corrected chi connectivity index (χ4v) is 1.43. The Kier molecular flexibility index (Phi) is 2.28. The van der Waals surface area contributed by atoms with Crippen molar-refractivity contribution in [1.82, 2.24) is 15.2 Å². The van der Waals surface area contributed by atoms with E-state index >= 15 is 0 Å². The maximum absolute atomic E-state index is 5.64. The Labute approximate surface area is 76.7 Å². The van der Waals surface area contributed by atoms with Crippen LogP contribution in [-0.2, 0) is 4.74 Å². The van der Waals surface area contributed by atoms with E-state index in [-0.39, 0.29) is 12.1 Å². The van der Waals surface area contributed by atoms with Crippen LogP contribution < -0.4 is 5.73 Å². The Balaban J connectivity index is 2.12. The number of hydrogen-bond acceptors (Lipinski definition) is 4. The summed E-state index contributed by atoms with van der Waals surface area (Å²) in [5.74, 6) is 1.47. The van der Waals surface area contributed by atoms with E-state index < -0.39 is 0 Å². The third kappa shape index (κ3) is 1.71. The molecule has 2 atom stereocenters. The number of hydrogen-bond donors (Lipinski definition) is 2. The van der Waals surface area contributed by atoms with Crippen LogP contribution in [0.1, 0.15) is 43.6 Å². The van der Waals surface area contributed by atoms with Crippen molar-refractivity contribution in [2.75, 3.05) is 6.61 Å². The number of H-pyrrole nitrogens is 1. The molecule has 0 saturated carbocycles. The van der Waals surface area contributed by atoms with E-state index in [4.69, 9.17) is 10.5 Å². The van der Waals surface area contributed by atoms with Crippen molar-refractivity contribution in [2.45, 2.75) is 31.9 Å². The Bertz CT molecular complexity index is 277. The maximum Gasteiger partial charge on any atom is 0.167 e. The number of nitrogens with one attached hydrogen (secondary N) is 1. The molecule has 1 aromatic rings. The third-order valence-electron chi connectivity index (χ3n) is 2.16. The molecular weight excluding hydrogens is 168 g/mol. The highest BCUT2D eigenvalue weighted by molar-refractivity contribution is 4.98. The number of ether oxygens (including phenoxy) is 1. The summed E-state index contributed by atoms with van der Waals surface area (Å²) < 4.78 is 5.46. The molecule has 1 aromatic heterocycles.